The van der Waals surface area contributed by atoms with Crippen molar-refractivity contribution in [2.24, 2.45) is 5.92 Å². The first-order valence-electron chi connectivity index (χ1n) is 7.50. The van der Waals surface area contributed by atoms with Crippen molar-refractivity contribution in [2.75, 3.05) is 19.6 Å². The quantitative estimate of drug-likeness (QED) is 0.904. The zero-order valence-electron chi connectivity index (χ0n) is 12.1. The maximum atomic E-state index is 10.2. The Bertz CT molecular complexity index is 546. The summed E-state index contributed by atoms with van der Waals surface area (Å²) >= 11 is 0. The van der Waals surface area contributed by atoms with Gasteiger partial charge in [-0.15, -0.1) is 0 Å². The average Bonchev–Trinajstić information content (AvgIpc) is 2.87. The van der Waals surface area contributed by atoms with E-state index in [0.717, 1.165) is 38.2 Å². The van der Waals surface area contributed by atoms with Gasteiger partial charge in [-0.05, 0) is 18.4 Å². The van der Waals surface area contributed by atoms with Crippen LogP contribution in [-0.4, -0.2) is 45.7 Å². The Kier molecular flexibility index (Phi) is 4.58. The number of rotatable bonds is 5. The van der Waals surface area contributed by atoms with Crippen LogP contribution in [0.5, 0.6) is 0 Å². The third kappa shape index (κ3) is 3.86. The number of aromatic nitrogens is 2. The summed E-state index contributed by atoms with van der Waals surface area (Å²) in [6, 6.07) is 10.5. The molecule has 110 valence electrons. The first kappa shape index (κ1) is 14.2. The molecule has 1 aliphatic rings. The van der Waals surface area contributed by atoms with E-state index in [0.29, 0.717) is 0 Å². The number of benzene rings is 1. The van der Waals surface area contributed by atoms with Gasteiger partial charge in [0, 0.05) is 44.1 Å². The van der Waals surface area contributed by atoms with Crippen molar-refractivity contribution in [3.05, 3.63) is 60.2 Å². The molecular formula is C17H21N3O. The largest absolute Gasteiger partial charge is 0.391 e. The molecule has 0 spiro atoms. The van der Waals surface area contributed by atoms with Gasteiger partial charge in [0.25, 0.3) is 0 Å². The van der Waals surface area contributed by atoms with Crippen molar-refractivity contribution in [3.63, 3.8) is 0 Å². The summed E-state index contributed by atoms with van der Waals surface area (Å²) in [5.41, 5.74) is 2.32. The van der Waals surface area contributed by atoms with E-state index in [1.165, 1.54) is 5.56 Å². The lowest BCUT2D eigenvalue weighted by Crippen LogP contribution is -2.24. The molecule has 0 bridgehead atoms. The fourth-order valence-electron chi connectivity index (χ4n) is 2.96. The molecule has 1 aliphatic heterocycles. The van der Waals surface area contributed by atoms with Gasteiger partial charge in [0.15, 0.2) is 0 Å². The SMILES string of the molecule is O[C@@H]1CN(CCc2ccccc2)C[C@H]1Cc1cnccn1. The monoisotopic (exact) mass is 283 g/mol. The second kappa shape index (κ2) is 6.78. The molecule has 3 rings (SSSR count). The lowest BCUT2D eigenvalue weighted by Gasteiger charge is -2.15. The first-order valence-corrected chi connectivity index (χ1v) is 7.50. The highest BCUT2D eigenvalue weighted by molar-refractivity contribution is 5.15. The van der Waals surface area contributed by atoms with Crippen LogP contribution in [0.3, 0.4) is 0 Å². The zero-order valence-corrected chi connectivity index (χ0v) is 12.1. The normalized spacial score (nSPS) is 22.5. The minimum atomic E-state index is -0.261. The van der Waals surface area contributed by atoms with Crippen LogP contribution >= 0.6 is 0 Å². The van der Waals surface area contributed by atoms with Gasteiger partial charge >= 0.3 is 0 Å². The summed E-state index contributed by atoms with van der Waals surface area (Å²) in [6.45, 7) is 2.69. The van der Waals surface area contributed by atoms with Crippen LogP contribution in [0.1, 0.15) is 11.3 Å². The molecule has 0 unspecified atom stereocenters. The highest BCUT2D eigenvalue weighted by atomic mass is 16.3. The van der Waals surface area contributed by atoms with Gasteiger partial charge < -0.3 is 10.0 Å². The Balaban J connectivity index is 1.51. The fourth-order valence-corrected chi connectivity index (χ4v) is 2.96. The Morgan fingerprint density at radius 3 is 2.76 bits per heavy atom. The Hall–Kier alpha value is -1.78. The minimum Gasteiger partial charge on any atom is -0.391 e. The minimum absolute atomic E-state index is 0.261. The maximum absolute atomic E-state index is 10.2. The van der Waals surface area contributed by atoms with E-state index >= 15 is 0 Å². The molecule has 4 heteroatoms. The number of hydrogen-bond donors (Lipinski definition) is 1. The maximum Gasteiger partial charge on any atom is 0.0711 e. The highest BCUT2D eigenvalue weighted by Crippen LogP contribution is 2.20. The predicted octanol–water partition coefficient (Wildman–Crippen LogP) is 1.55. The number of likely N-dealkylation sites (tertiary alicyclic amines) is 1. The van der Waals surface area contributed by atoms with Gasteiger partial charge in [0.2, 0.25) is 0 Å². The number of aliphatic hydroxyl groups excluding tert-OH is 1. The van der Waals surface area contributed by atoms with Gasteiger partial charge in [-0.25, -0.2) is 0 Å². The Morgan fingerprint density at radius 2 is 2.00 bits per heavy atom. The number of β-amino-alcohol motifs (C(OH)–C–C–N with tert-alkyl or cyclic N) is 1. The van der Waals surface area contributed by atoms with Gasteiger partial charge in [-0.1, -0.05) is 30.3 Å². The summed E-state index contributed by atoms with van der Waals surface area (Å²) in [5, 5.41) is 10.2. The molecule has 0 amide bonds. The van der Waals surface area contributed by atoms with E-state index in [1.807, 2.05) is 6.07 Å². The molecule has 1 N–H and O–H groups in total. The Morgan fingerprint density at radius 1 is 1.14 bits per heavy atom. The van der Waals surface area contributed by atoms with Crippen LogP contribution in [0.4, 0.5) is 0 Å². The van der Waals surface area contributed by atoms with Gasteiger partial charge in [-0.3, -0.25) is 9.97 Å². The van der Waals surface area contributed by atoms with E-state index in [4.69, 9.17) is 0 Å². The van der Waals surface area contributed by atoms with Crippen LogP contribution in [0.2, 0.25) is 0 Å². The summed E-state index contributed by atoms with van der Waals surface area (Å²) in [7, 11) is 0. The van der Waals surface area contributed by atoms with Crippen LogP contribution in [0.15, 0.2) is 48.9 Å². The molecule has 0 aliphatic carbocycles. The van der Waals surface area contributed by atoms with Crippen molar-refractivity contribution in [3.8, 4) is 0 Å². The second-order valence-corrected chi connectivity index (χ2v) is 5.72. The van der Waals surface area contributed by atoms with Crippen molar-refractivity contribution in [2.45, 2.75) is 18.9 Å². The summed E-state index contributed by atoms with van der Waals surface area (Å²) in [4.78, 5) is 10.7. The molecule has 2 heterocycles. The average molecular weight is 283 g/mol. The van der Waals surface area contributed by atoms with E-state index in [-0.39, 0.29) is 12.0 Å². The second-order valence-electron chi connectivity index (χ2n) is 5.72. The molecule has 1 aromatic heterocycles. The molecule has 2 aromatic rings. The lowest BCUT2D eigenvalue weighted by atomic mass is 10.0. The van der Waals surface area contributed by atoms with Crippen LogP contribution in [0, 0.1) is 5.92 Å². The summed E-state index contributed by atoms with van der Waals surface area (Å²) in [6.07, 6.45) is 6.76. The molecule has 21 heavy (non-hydrogen) atoms. The molecule has 1 saturated heterocycles. The third-order valence-corrected chi connectivity index (χ3v) is 4.13. The molecule has 4 nitrogen and oxygen atoms in total. The third-order valence-electron chi connectivity index (χ3n) is 4.13. The van der Waals surface area contributed by atoms with Gasteiger partial charge in [0.05, 0.1) is 11.8 Å². The van der Waals surface area contributed by atoms with Crippen LogP contribution in [0.25, 0.3) is 0 Å². The predicted molar refractivity (Wildman–Crippen MR) is 81.8 cm³/mol. The van der Waals surface area contributed by atoms with Gasteiger partial charge in [0.1, 0.15) is 0 Å². The van der Waals surface area contributed by atoms with Crippen molar-refractivity contribution >= 4 is 0 Å². The fraction of sp³-hybridized carbons (Fsp3) is 0.412. The van der Waals surface area contributed by atoms with Crippen LogP contribution in [-0.2, 0) is 12.8 Å². The highest BCUT2D eigenvalue weighted by Gasteiger charge is 2.31. The van der Waals surface area contributed by atoms with Crippen LogP contribution < -0.4 is 0 Å². The molecule has 1 aromatic carbocycles. The number of aliphatic hydroxyl groups is 1. The van der Waals surface area contributed by atoms with Crippen molar-refractivity contribution < 1.29 is 5.11 Å². The molecule has 1 fully saturated rings. The standard InChI is InChI=1S/C17H21N3O/c21-17-13-20(9-6-14-4-2-1-3-5-14)12-15(17)10-16-11-18-7-8-19-16/h1-5,7-8,11,15,17,21H,6,9-10,12-13H2/t15-,17-/m1/s1. The smallest absolute Gasteiger partial charge is 0.0711 e. The molecule has 0 saturated carbocycles. The number of nitrogens with zero attached hydrogens (tertiary/aromatic N) is 3. The number of hydrogen-bond acceptors (Lipinski definition) is 4. The molecule has 0 radical (unpaired) electrons. The van der Waals surface area contributed by atoms with E-state index in [9.17, 15) is 5.11 Å². The van der Waals surface area contributed by atoms with Crippen molar-refractivity contribution in [1.82, 2.24) is 14.9 Å². The summed E-state index contributed by atoms with van der Waals surface area (Å²) in [5.74, 6) is 0.262. The topological polar surface area (TPSA) is 49.2 Å². The zero-order chi connectivity index (χ0) is 14.5. The summed E-state index contributed by atoms with van der Waals surface area (Å²) < 4.78 is 0. The molecule has 2 atom stereocenters. The van der Waals surface area contributed by atoms with Crippen molar-refractivity contribution in [1.29, 1.82) is 0 Å². The lowest BCUT2D eigenvalue weighted by molar-refractivity contribution is 0.141. The van der Waals surface area contributed by atoms with E-state index < -0.39 is 0 Å². The van der Waals surface area contributed by atoms with E-state index in [1.54, 1.807) is 18.6 Å². The molecular weight excluding hydrogens is 262 g/mol. The Labute approximate surface area is 125 Å². The van der Waals surface area contributed by atoms with E-state index in [2.05, 4.69) is 39.1 Å². The van der Waals surface area contributed by atoms with Gasteiger partial charge in [-0.2, -0.15) is 0 Å². The first-order chi connectivity index (χ1) is 10.3.